The Balaban J connectivity index is 1.99. The summed E-state index contributed by atoms with van der Waals surface area (Å²) in [6, 6.07) is 12.6. The van der Waals surface area contributed by atoms with E-state index in [9.17, 15) is 4.79 Å². The van der Waals surface area contributed by atoms with Gasteiger partial charge in [-0.25, -0.2) is 9.78 Å². The van der Waals surface area contributed by atoms with Crippen molar-refractivity contribution in [2.45, 2.75) is 0 Å². The van der Waals surface area contributed by atoms with Crippen LogP contribution in [0.1, 0.15) is 10.4 Å². The van der Waals surface area contributed by atoms with E-state index in [1.165, 1.54) is 6.08 Å². The van der Waals surface area contributed by atoms with E-state index in [1.54, 1.807) is 18.2 Å². The van der Waals surface area contributed by atoms with Gasteiger partial charge in [-0.3, -0.25) is 0 Å². The highest BCUT2D eigenvalue weighted by Crippen LogP contribution is 2.27. The fourth-order valence-corrected chi connectivity index (χ4v) is 2.36. The lowest BCUT2D eigenvalue weighted by Crippen LogP contribution is -2.04. The lowest BCUT2D eigenvalue weighted by molar-refractivity contribution is 0.0550. The van der Waals surface area contributed by atoms with Gasteiger partial charge in [0.2, 0.25) is 0 Å². The van der Waals surface area contributed by atoms with Crippen LogP contribution in [0.4, 0.5) is 0 Å². The Hall–Kier alpha value is -2.59. The first kappa shape index (κ1) is 14.4. The number of nitrogens with zero attached hydrogens (tertiary/aromatic N) is 1. The normalized spacial score (nSPS) is 10.6. The van der Waals surface area contributed by atoms with Gasteiger partial charge in [-0.15, -0.1) is 0 Å². The Kier molecular flexibility index (Phi) is 3.94. The fourth-order valence-electron chi connectivity index (χ4n) is 2.14. The molecule has 0 spiro atoms. The molecule has 0 aliphatic carbocycles. The van der Waals surface area contributed by atoms with E-state index in [-0.39, 0.29) is 6.61 Å². The molecule has 0 aliphatic heterocycles. The molecule has 1 N–H and O–H groups in total. The molecule has 0 unspecified atom stereocenters. The zero-order chi connectivity index (χ0) is 15.5. The number of fused-ring (bicyclic) bond motifs is 1. The summed E-state index contributed by atoms with van der Waals surface area (Å²) in [5.74, 6) is 0.271. The third kappa shape index (κ3) is 2.73. The van der Waals surface area contributed by atoms with E-state index in [0.29, 0.717) is 16.4 Å². The summed E-state index contributed by atoms with van der Waals surface area (Å²) < 4.78 is 5.02. The molecule has 4 nitrogen and oxygen atoms in total. The van der Waals surface area contributed by atoms with Crippen molar-refractivity contribution in [1.82, 2.24) is 9.97 Å². The van der Waals surface area contributed by atoms with Crippen LogP contribution in [0.3, 0.4) is 0 Å². The van der Waals surface area contributed by atoms with Gasteiger partial charge in [0.05, 0.1) is 21.6 Å². The number of nitrogens with one attached hydrogen (secondary N) is 1. The minimum atomic E-state index is -0.393. The molecule has 3 aromatic rings. The van der Waals surface area contributed by atoms with E-state index in [2.05, 4.69) is 16.5 Å². The number of rotatable bonds is 4. The van der Waals surface area contributed by atoms with Crippen LogP contribution in [0.25, 0.3) is 22.4 Å². The second-order valence-electron chi connectivity index (χ2n) is 4.68. The van der Waals surface area contributed by atoms with E-state index in [4.69, 9.17) is 16.3 Å². The monoisotopic (exact) mass is 312 g/mol. The summed E-state index contributed by atoms with van der Waals surface area (Å²) in [5.41, 5.74) is 2.79. The summed E-state index contributed by atoms with van der Waals surface area (Å²) in [6.07, 6.45) is 1.53. The molecule has 1 heterocycles. The van der Waals surface area contributed by atoms with Crippen molar-refractivity contribution in [3.8, 4) is 11.4 Å². The van der Waals surface area contributed by atoms with Crippen LogP contribution < -0.4 is 0 Å². The predicted octanol–water partition coefficient (Wildman–Crippen LogP) is 4.23. The first-order chi connectivity index (χ1) is 10.7. The molecule has 22 heavy (non-hydrogen) atoms. The van der Waals surface area contributed by atoms with Gasteiger partial charge in [0.25, 0.3) is 0 Å². The average Bonchev–Trinajstić information content (AvgIpc) is 2.95. The molecule has 110 valence electrons. The maximum Gasteiger partial charge on any atom is 0.338 e. The largest absolute Gasteiger partial charge is 0.458 e. The second-order valence-corrected chi connectivity index (χ2v) is 5.09. The quantitative estimate of drug-likeness (QED) is 0.579. The Labute approximate surface area is 132 Å². The van der Waals surface area contributed by atoms with Crippen molar-refractivity contribution in [1.29, 1.82) is 0 Å². The first-order valence-electron chi connectivity index (χ1n) is 6.71. The SMILES string of the molecule is C=CCOC(=O)c1ccc2nc(-c3ccccc3Cl)[nH]c2c1. The van der Waals surface area contributed by atoms with Crippen molar-refractivity contribution < 1.29 is 9.53 Å². The topological polar surface area (TPSA) is 55.0 Å². The van der Waals surface area contributed by atoms with Gasteiger partial charge in [-0.2, -0.15) is 0 Å². The maximum absolute atomic E-state index is 11.9. The van der Waals surface area contributed by atoms with Crippen molar-refractivity contribution >= 4 is 28.6 Å². The zero-order valence-corrected chi connectivity index (χ0v) is 12.4. The molecule has 1 aromatic heterocycles. The first-order valence-corrected chi connectivity index (χ1v) is 7.09. The number of aromatic nitrogens is 2. The second kappa shape index (κ2) is 6.03. The summed E-state index contributed by atoms with van der Waals surface area (Å²) in [4.78, 5) is 19.5. The van der Waals surface area contributed by atoms with Gasteiger partial charge in [-0.1, -0.05) is 36.4 Å². The van der Waals surface area contributed by atoms with E-state index in [1.807, 2.05) is 24.3 Å². The van der Waals surface area contributed by atoms with Crippen LogP contribution >= 0.6 is 11.6 Å². The van der Waals surface area contributed by atoms with Crippen LogP contribution in [-0.4, -0.2) is 22.5 Å². The average molecular weight is 313 g/mol. The number of hydrogen-bond donors (Lipinski definition) is 1. The molecule has 0 aliphatic rings. The summed E-state index contributed by atoms with van der Waals surface area (Å²) in [5, 5.41) is 0.618. The molecule has 0 radical (unpaired) electrons. The van der Waals surface area contributed by atoms with Gasteiger partial charge >= 0.3 is 5.97 Å². The summed E-state index contributed by atoms with van der Waals surface area (Å²) in [6.45, 7) is 3.70. The van der Waals surface area contributed by atoms with Crippen LogP contribution in [0.15, 0.2) is 55.1 Å². The van der Waals surface area contributed by atoms with Crippen molar-refractivity contribution in [3.63, 3.8) is 0 Å². The van der Waals surface area contributed by atoms with Gasteiger partial charge < -0.3 is 9.72 Å². The highest BCUT2D eigenvalue weighted by atomic mass is 35.5. The van der Waals surface area contributed by atoms with Crippen LogP contribution in [0, 0.1) is 0 Å². The number of aromatic amines is 1. The van der Waals surface area contributed by atoms with Gasteiger partial charge in [0, 0.05) is 5.56 Å². The number of carbonyl (C=O) groups excluding carboxylic acids is 1. The number of carbonyl (C=O) groups is 1. The zero-order valence-electron chi connectivity index (χ0n) is 11.7. The van der Waals surface area contributed by atoms with Crippen molar-refractivity contribution in [2.24, 2.45) is 0 Å². The highest BCUT2D eigenvalue weighted by Gasteiger charge is 2.12. The molecular weight excluding hydrogens is 300 g/mol. The molecule has 2 aromatic carbocycles. The molecule has 0 saturated carbocycles. The van der Waals surface area contributed by atoms with E-state index < -0.39 is 5.97 Å². The standard InChI is InChI=1S/C17H13ClN2O2/c1-2-9-22-17(21)11-7-8-14-15(10-11)20-16(19-14)12-5-3-4-6-13(12)18/h2-8,10H,1,9H2,(H,19,20). The van der Waals surface area contributed by atoms with Crippen molar-refractivity contribution in [3.05, 3.63) is 65.7 Å². The Morgan fingerprint density at radius 3 is 2.91 bits per heavy atom. The molecule has 0 amide bonds. The van der Waals surface area contributed by atoms with Crippen LogP contribution in [-0.2, 0) is 4.74 Å². The van der Waals surface area contributed by atoms with E-state index >= 15 is 0 Å². The highest BCUT2D eigenvalue weighted by molar-refractivity contribution is 6.33. The summed E-state index contributed by atoms with van der Waals surface area (Å²) in [7, 11) is 0. The third-order valence-electron chi connectivity index (χ3n) is 3.18. The van der Waals surface area contributed by atoms with Gasteiger partial charge in [0.15, 0.2) is 0 Å². The number of imidazole rings is 1. The lowest BCUT2D eigenvalue weighted by atomic mass is 10.2. The molecular formula is C17H13ClN2O2. The Morgan fingerprint density at radius 1 is 1.32 bits per heavy atom. The number of ether oxygens (including phenoxy) is 1. The van der Waals surface area contributed by atoms with Crippen LogP contribution in [0.2, 0.25) is 5.02 Å². The summed E-state index contributed by atoms with van der Waals surface area (Å²) >= 11 is 6.18. The lowest BCUT2D eigenvalue weighted by Gasteiger charge is -2.01. The smallest absolute Gasteiger partial charge is 0.338 e. The molecule has 3 rings (SSSR count). The fraction of sp³-hybridized carbons (Fsp3) is 0.0588. The van der Waals surface area contributed by atoms with E-state index in [0.717, 1.165) is 16.6 Å². The predicted molar refractivity (Wildman–Crippen MR) is 87.0 cm³/mol. The minimum absolute atomic E-state index is 0.185. The molecule has 0 atom stereocenters. The Bertz CT molecular complexity index is 855. The van der Waals surface area contributed by atoms with Crippen LogP contribution in [0.5, 0.6) is 0 Å². The molecule has 0 saturated heterocycles. The van der Waals surface area contributed by atoms with Gasteiger partial charge in [-0.05, 0) is 30.3 Å². The minimum Gasteiger partial charge on any atom is -0.458 e. The number of hydrogen-bond acceptors (Lipinski definition) is 3. The number of halogens is 1. The number of H-pyrrole nitrogens is 1. The number of esters is 1. The molecule has 0 fully saturated rings. The third-order valence-corrected chi connectivity index (χ3v) is 3.51. The number of benzene rings is 2. The maximum atomic E-state index is 11.9. The molecule has 5 heteroatoms. The Morgan fingerprint density at radius 2 is 2.14 bits per heavy atom. The van der Waals surface area contributed by atoms with Crippen molar-refractivity contribution in [2.75, 3.05) is 6.61 Å². The van der Waals surface area contributed by atoms with Gasteiger partial charge in [0.1, 0.15) is 12.4 Å². The molecule has 0 bridgehead atoms.